The molecule has 3 rings (SSSR count). The van der Waals surface area contributed by atoms with E-state index in [4.69, 9.17) is 4.74 Å². The lowest BCUT2D eigenvalue weighted by molar-refractivity contribution is -0.116. The van der Waals surface area contributed by atoms with Crippen molar-refractivity contribution < 1.29 is 14.3 Å². The Hall–Kier alpha value is -3.80. The molecular formula is C25H27N3O3. The first-order chi connectivity index (χ1) is 15.1. The van der Waals surface area contributed by atoms with E-state index in [0.29, 0.717) is 24.4 Å². The smallest absolute Gasteiger partial charge is 0.243 e. The summed E-state index contributed by atoms with van der Waals surface area (Å²) in [5, 5.41) is 8.76. The Kier molecular flexibility index (Phi) is 8.05. The zero-order valence-corrected chi connectivity index (χ0v) is 17.6. The van der Waals surface area contributed by atoms with Crippen LogP contribution in [0.3, 0.4) is 0 Å². The van der Waals surface area contributed by atoms with Gasteiger partial charge in [0, 0.05) is 29.5 Å². The minimum absolute atomic E-state index is 0.0398. The number of rotatable bonds is 10. The second-order valence-corrected chi connectivity index (χ2v) is 7.08. The summed E-state index contributed by atoms with van der Waals surface area (Å²) in [6, 6.07) is 24.6. The van der Waals surface area contributed by atoms with Crippen molar-refractivity contribution in [2.45, 2.75) is 26.4 Å². The van der Waals surface area contributed by atoms with Gasteiger partial charge in [-0.25, -0.2) is 0 Å². The molecule has 0 radical (unpaired) electrons. The quantitative estimate of drug-likeness (QED) is 0.431. The molecule has 0 bridgehead atoms. The van der Waals surface area contributed by atoms with Crippen LogP contribution in [0.25, 0.3) is 0 Å². The van der Waals surface area contributed by atoms with E-state index >= 15 is 0 Å². The molecule has 3 aromatic carbocycles. The third-order valence-electron chi connectivity index (χ3n) is 4.44. The number of anilines is 3. The van der Waals surface area contributed by atoms with Gasteiger partial charge in [0.15, 0.2) is 0 Å². The molecule has 0 fully saturated rings. The Morgan fingerprint density at radius 3 is 2.19 bits per heavy atom. The van der Waals surface area contributed by atoms with Gasteiger partial charge in [-0.2, -0.15) is 0 Å². The average molecular weight is 418 g/mol. The van der Waals surface area contributed by atoms with E-state index in [2.05, 4.69) is 16.0 Å². The predicted molar refractivity (Wildman–Crippen MR) is 124 cm³/mol. The van der Waals surface area contributed by atoms with E-state index in [1.165, 1.54) is 0 Å². The van der Waals surface area contributed by atoms with Crippen molar-refractivity contribution in [1.29, 1.82) is 0 Å². The molecule has 3 aromatic rings. The van der Waals surface area contributed by atoms with Crippen LogP contribution in [-0.2, 0) is 16.2 Å². The van der Waals surface area contributed by atoms with Crippen molar-refractivity contribution in [3.05, 3.63) is 84.4 Å². The zero-order chi connectivity index (χ0) is 21.9. The van der Waals surface area contributed by atoms with Gasteiger partial charge in [-0.1, -0.05) is 49.4 Å². The molecule has 6 heteroatoms. The topological polar surface area (TPSA) is 79.5 Å². The van der Waals surface area contributed by atoms with Gasteiger partial charge in [0.05, 0.1) is 6.54 Å². The van der Waals surface area contributed by atoms with E-state index in [1.54, 1.807) is 24.3 Å². The molecule has 0 spiro atoms. The van der Waals surface area contributed by atoms with Crippen LogP contribution in [0.1, 0.15) is 25.3 Å². The Balaban J connectivity index is 1.49. The number of nitrogens with one attached hydrogen (secondary N) is 3. The first-order valence-corrected chi connectivity index (χ1v) is 10.3. The van der Waals surface area contributed by atoms with Crippen molar-refractivity contribution >= 4 is 28.9 Å². The van der Waals surface area contributed by atoms with Crippen LogP contribution < -0.4 is 20.7 Å². The summed E-state index contributed by atoms with van der Waals surface area (Å²) in [7, 11) is 0. The van der Waals surface area contributed by atoms with E-state index in [0.717, 1.165) is 23.4 Å². The minimum atomic E-state index is -0.187. The molecule has 6 nitrogen and oxygen atoms in total. The maximum Gasteiger partial charge on any atom is 0.243 e. The second kappa shape index (κ2) is 11.4. The third-order valence-corrected chi connectivity index (χ3v) is 4.44. The molecule has 0 aliphatic heterocycles. The standard InChI is InChI=1S/C25H27N3O3/c1-2-8-24(29)27-21-12-6-13-22(15-21)28-25(30)17-26-20-11-7-14-23(16-20)31-18-19-9-4-3-5-10-19/h3-7,9-16,26H,2,8,17-18H2,1H3,(H,27,29)(H,28,30). The summed E-state index contributed by atoms with van der Waals surface area (Å²) < 4.78 is 5.82. The summed E-state index contributed by atoms with van der Waals surface area (Å²) in [5.41, 5.74) is 3.17. The second-order valence-electron chi connectivity index (χ2n) is 7.08. The lowest BCUT2D eigenvalue weighted by Crippen LogP contribution is -2.21. The Morgan fingerprint density at radius 1 is 0.774 bits per heavy atom. The highest BCUT2D eigenvalue weighted by Gasteiger charge is 2.06. The predicted octanol–water partition coefficient (Wildman–Crippen LogP) is 5.05. The molecule has 3 N–H and O–H groups in total. The molecule has 0 saturated carbocycles. The Labute approximate surface area is 182 Å². The molecule has 31 heavy (non-hydrogen) atoms. The van der Waals surface area contributed by atoms with Gasteiger partial charge in [-0.15, -0.1) is 0 Å². The summed E-state index contributed by atoms with van der Waals surface area (Å²) in [5.74, 6) is 0.499. The Morgan fingerprint density at radius 2 is 1.45 bits per heavy atom. The number of hydrogen-bond acceptors (Lipinski definition) is 4. The molecular weight excluding hydrogens is 390 g/mol. The first kappa shape index (κ1) is 21.9. The number of hydrogen-bond donors (Lipinski definition) is 3. The Bertz CT molecular complexity index is 1010. The van der Waals surface area contributed by atoms with Gasteiger partial charge < -0.3 is 20.7 Å². The molecule has 160 valence electrons. The van der Waals surface area contributed by atoms with Gasteiger partial charge >= 0.3 is 0 Å². The molecule has 0 atom stereocenters. The number of carbonyl (C=O) groups excluding carboxylic acids is 2. The van der Waals surface area contributed by atoms with Crippen molar-refractivity contribution in [3.8, 4) is 5.75 Å². The fourth-order valence-electron chi connectivity index (χ4n) is 2.95. The first-order valence-electron chi connectivity index (χ1n) is 10.3. The number of carbonyl (C=O) groups is 2. The van der Waals surface area contributed by atoms with E-state index in [1.807, 2.05) is 61.5 Å². The minimum Gasteiger partial charge on any atom is -0.489 e. The fourth-order valence-corrected chi connectivity index (χ4v) is 2.95. The highest BCUT2D eigenvalue weighted by molar-refractivity contribution is 5.95. The zero-order valence-electron chi connectivity index (χ0n) is 17.6. The molecule has 0 unspecified atom stereocenters. The summed E-state index contributed by atoms with van der Waals surface area (Å²) >= 11 is 0. The van der Waals surface area contributed by atoms with Crippen LogP contribution in [0.2, 0.25) is 0 Å². The van der Waals surface area contributed by atoms with Gasteiger partial charge in [0.1, 0.15) is 12.4 Å². The molecule has 0 aromatic heterocycles. The van der Waals surface area contributed by atoms with E-state index in [9.17, 15) is 9.59 Å². The maximum atomic E-state index is 12.3. The van der Waals surface area contributed by atoms with Crippen molar-refractivity contribution in [2.75, 3.05) is 22.5 Å². The van der Waals surface area contributed by atoms with Gasteiger partial charge in [-0.05, 0) is 42.3 Å². The lowest BCUT2D eigenvalue weighted by atomic mass is 10.2. The van der Waals surface area contributed by atoms with Crippen LogP contribution in [0.4, 0.5) is 17.1 Å². The SMILES string of the molecule is CCCC(=O)Nc1cccc(NC(=O)CNc2cccc(OCc3ccccc3)c2)c1. The molecule has 2 amide bonds. The highest BCUT2D eigenvalue weighted by atomic mass is 16.5. The van der Waals surface area contributed by atoms with Crippen LogP contribution in [0, 0.1) is 0 Å². The summed E-state index contributed by atoms with van der Waals surface area (Å²) in [6.45, 7) is 2.54. The number of amides is 2. The number of benzene rings is 3. The average Bonchev–Trinajstić information content (AvgIpc) is 2.78. The van der Waals surface area contributed by atoms with Gasteiger partial charge in [0.25, 0.3) is 0 Å². The van der Waals surface area contributed by atoms with Gasteiger partial charge in [-0.3, -0.25) is 9.59 Å². The van der Waals surface area contributed by atoms with Crippen LogP contribution in [-0.4, -0.2) is 18.4 Å². The molecule has 0 aliphatic carbocycles. The van der Waals surface area contributed by atoms with E-state index in [-0.39, 0.29) is 18.4 Å². The van der Waals surface area contributed by atoms with E-state index < -0.39 is 0 Å². The van der Waals surface area contributed by atoms with Crippen molar-refractivity contribution in [1.82, 2.24) is 0 Å². The molecule has 0 saturated heterocycles. The summed E-state index contributed by atoms with van der Waals surface area (Å²) in [6.07, 6.45) is 1.25. The molecule has 0 aliphatic rings. The van der Waals surface area contributed by atoms with Crippen molar-refractivity contribution in [2.24, 2.45) is 0 Å². The van der Waals surface area contributed by atoms with Crippen LogP contribution >= 0.6 is 0 Å². The fraction of sp³-hybridized carbons (Fsp3) is 0.200. The van der Waals surface area contributed by atoms with Crippen LogP contribution in [0.15, 0.2) is 78.9 Å². The van der Waals surface area contributed by atoms with Gasteiger partial charge in [0.2, 0.25) is 11.8 Å². The maximum absolute atomic E-state index is 12.3. The summed E-state index contributed by atoms with van der Waals surface area (Å²) in [4.78, 5) is 24.1. The molecule has 0 heterocycles. The lowest BCUT2D eigenvalue weighted by Gasteiger charge is -2.11. The van der Waals surface area contributed by atoms with Crippen LogP contribution in [0.5, 0.6) is 5.75 Å². The third kappa shape index (κ3) is 7.51. The van der Waals surface area contributed by atoms with Crippen molar-refractivity contribution in [3.63, 3.8) is 0 Å². The normalized spacial score (nSPS) is 10.2. The number of ether oxygens (including phenoxy) is 1. The highest BCUT2D eigenvalue weighted by Crippen LogP contribution is 2.19. The largest absolute Gasteiger partial charge is 0.489 e. The monoisotopic (exact) mass is 417 g/mol.